The summed E-state index contributed by atoms with van der Waals surface area (Å²) in [6.45, 7) is 2.49. The van der Waals surface area contributed by atoms with E-state index in [1.165, 1.54) is 38.2 Å². The maximum Gasteiger partial charge on any atom is 0.303 e. The molecule has 0 unspecified atom stereocenters. The number of nitrogens with one attached hydrogen (secondary N) is 2. The summed E-state index contributed by atoms with van der Waals surface area (Å²) in [4.78, 5) is 40.3. The number of benzene rings is 2. The average Bonchev–Trinajstić information content (AvgIpc) is 3.19. The second-order valence-electron chi connectivity index (χ2n) is 7.30. The quantitative estimate of drug-likeness (QED) is 0.239. The van der Waals surface area contributed by atoms with E-state index in [1.807, 2.05) is 0 Å². The fourth-order valence-electron chi connectivity index (χ4n) is 3.51. The van der Waals surface area contributed by atoms with Crippen LogP contribution in [0.1, 0.15) is 19.5 Å². The molecule has 4 aromatic rings. The van der Waals surface area contributed by atoms with E-state index in [-0.39, 0.29) is 23.2 Å². The molecule has 0 saturated carbocycles. The van der Waals surface area contributed by atoms with Gasteiger partial charge in [-0.25, -0.2) is 0 Å². The fourth-order valence-corrected chi connectivity index (χ4v) is 4.67. The van der Waals surface area contributed by atoms with Crippen molar-refractivity contribution in [3.05, 3.63) is 63.8 Å². The second-order valence-corrected chi connectivity index (χ2v) is 8.88. The fraction of sp³-hybridized carbons (Fsp3) is 0.143. The molecule has 12 nitrogen and oxygen atoms in total. The molecule has 2 heterocycles. The van der Waals surface area contributed by atoms with Gasteiger partial charge in [-0.05, 0) is 18.2 Å². The number of sulfonamides is 1. The Bertz CT molecular complexity index is 1640. The highest BCUT2D eigenvalue weighted by atomic mass is 32.2. The summed E-state index contributed by atoms with van der Waals surface area (Å²) in [6.07, 6.45) is 1.48. The number of ether oxygens (including phenoxy) is 1. The minimum absolute atomic E-state index is 0.0564. The lowest BCUT2D eigenvalue weighted by Gasteiger charge is -2.11. The number of esters is 1. The average molecular weight is 483 g/mol. The molecular formula is C21H17N5O7S. The van der Waals surface area contributed by atoms with Crippen molar-refractivity contribution >= 4 is 55.1 Å². The number of anilines is 1. The van der Waals surface area contributed by atoms with E-state index in [0.717, 1.165) is 12.1 Å². The van der Waals surface area contributed by atoms with E-state index in [1.54, 1.807) is 6.07 Å². The van der Waals surface area contributed by atoms with Crippen molar-refractivity contribution < 1.29 is 27.7 Å². The van der Waals surface area contributed by atoms with Crippen molar-refractivity contribution in [2.45, 2.75) is 25.3 Å². The Hall–Kier alpha value is -4.39. The monoisotopic (exact) mass is 483 g/mol. The van der Waals surface area contributed by atoms with Crippen molar-refractivity contribution in [3.63, 3.8) is 0 Å². The zero-order valence-electron chi connectivity index (χ0n) is 17.9. The number of carbonyl (C=O) groups is 2. The molecule has 0 saturated heterocycles. The normalized spacial score (nSPS) is 12.2. The minimum Gasteiger partial charge on any atom is -0.459 e. The maximum atomic E-state index is 13.0. The van der Waals surface area contributed by atoms with Crippen LogP contribution in [0.5, 0.6) is 0 Å². The Morgan fingerprint density at radius 3 is 2.65 bits per heavy atom. The largest absolute Gasteiger partial charge is 0.459 e. The number of aromatic amines is 1. The summed E-state index contributed by atoms with van der Waals surface area (Å²) in [7, 11) is -4.51. The molecule has 0 spiro atoms. The minimum atomic E-state index is -4.51. The van der Waals surface area contributed by atoms with Gasteiger partial charge in [-0.3, -0.25) is 24.7 Å². The van der Waals surface area contributed by atoms with Crippen LogP contribution in [-0.4, -0.2) is 35.2 Å². The maximum absolute atomic E-state index is 13.0. The van der Waals surface area contributed by atoms with E-state index in [0.29, 0.717) is 22.0 Å². The summed E-state index contributed by atoms with van der Waals surface area (Å²) in [5.74, 6) is -0.905. The Labute approximate surface area is 191 Å². The summed E-state index contributed by atoms with van der Waals surface area (Å²) in [6, 6.07) is 7.85. The number of H-pyrrole nitrogens is 1. The number of aromatic nitrogens is 2. The molecule has 2 aromatic carbocycles. The number of hydrogen-bond acceptors (Lipinski definition) is 8. The van der Waals surface area contributed by atoms with Gasteiger partial charge in [-0.1, -0.05) is 12.1 Å². The van der Waals surface area contributed by atoms with Crippen LogP contribution >= 0.6 is 0 Å². The van der Waals surface area contributed by atoms with Gasteiger partial charge in [0.15, 0.2) is 4.90 Å². The lowest BCUT2D eigenvalue weighted by atomic mass is 10.1. The molecule has 34 heavy (non-hydrogen) atoms. The molecule has 2 N–H and O–H groups in total. The molecule has 4 rings (SSSR count). The summed E-state index contributed by atoms with van der Waals surface area (Å²) in [5.41, 5.74) is 0.735. The third-order valence-corrected chi connectivity index (χ3v) is 6.15. The standard InChI is InChI=1S/C21H17N5O7S/c1-11(27)23-15-8-16(25-34(31,32)18-6-4-3-5-17(18)26(29)30)20-19-13(9-22-20)7-14(24-21(15)19)10-33-12(2)28/h3-9,24H,10H2,1-2H3,(H,23,27)/b25-16+. The lowest BCUT2D eigenvalue weighted by Crippen LogP contribution is -2.14. The molecule has 0 aliphatic heterocycles. The third kappa shape index (κ3) is 4.28. The molecule has 0 radical (unpaired) electrons. The smallest absolute Gasteiger partial charge is 0.303 e. The van der Waals surface area contributed by atoms with Gasteiger partial charge in [-0.15, -0.1) is 0 Å². The molecule has 2 aromatic heterocycles. The van der Waals surface area contributed by atoms with Gasteiger partial charge in [0, 0.05) is 36.9 Å². The number of nitro groups is 1. The van der Waals surface area contributed by atoms with Crippen LogP contribution in [-0.2, 0) is 31.0 Å². The molecule has 0 fully saturated rings. The van der Waals surface area contributed by atoms with E-state index < -0.39 is 37.4 Å². The number of nitro benzene ring substituents is 1. The Balaban J connectivity index is 1.99. The topological polar surface area (TPSA) is 174 Å². The van der Waals surface area contributed by atoms with Gasteiger partial charge in [-0.2, -0.15) is 12.8 Å². The van der Waals surface area contributed by atoms with Gasteiger partial charge in [0.1, 0.15) is 12.0 Å². The van der Waals surface area contributed by atoms with Crippen LogP contribution in [0, 0.1) is 10.1 Å². The highest BCUT2D eigenvalue weighted by Gasteiger charge is 2.25. The Morgan fingerprint density at radius 2 is 1.97 bits per heavy atom. The zero-order chi connectivity index (χ0) is 24.6. The summed E-state index contributed by atoms with van der Waals surface area (Å²) in [5, 5.41) is 14.9. The van der Waals surface area contributed by atoms with Crippen LogP contribution < -0.4 is 10.7 Å². The van der Waals surface area contributed by atoms with E-state index in [9.17, 15) is 28.1 Å². The predicted octanol–water partition coefficient (Wildman–Crippen LogP) is 2.37. The van der Waals surface area contributed by atoms with Crippen LogP contribution in [0.4, 0.5) is 11.4 Å². The zero-order valence-corrected chi connectivity index (χ0v) is 18.7. The second kappa shape index (κ2) is 8.51. The van der Waals surface area contributed by atoms with E-state index in [4.69, 9.17) is 4.74 Å². The van der Waals surface area contributed by atoms with Crippen LogP contribution in [0.2, 0.25) is 0 Å². The van der Waals surface area contributed by atoms with E-state index >= 15 is 0 Å². The first-order valence-electron chi connectivity index (χ1n) is 9.79. The number of para-hydroxylation sites is 1. The molecule has 0 atom stereocenters. The summed E-state index contributed by atoms with van der Waals surface area (Å²) >= 11 is 0. The van der Waals surface area contributed by atoms with Crippen LogP contribution in [0.25, 0.3) is 21.8 Å². The molecule has 0 aliphatic carbocycles. The SMILES string of the molecule is CC(=O)Nc1c/c(=N\S(=O)(=O)c2ccccc2[N+](=O)[O-])c2ncc3cc(COC(C)=O)[nH]c1c32. The van der Waals surface area contributed by atoms with Gasteiger partial charge < -0.3 is 15.0 Å². The first kappa shape index (κ1) is 22.8. The van der Waals surface area contributed by atoms with Gasteiger partial charge in [0.05, 0.1) is 27.3 Å². The molecule has 174 valence electrons. The van der Waals surface area contributed by atoms with Crippen molar-refractivity contribution in [2.24, 2.45) is 4.40 Å². The summed E-state index contributed by atoms with van der Waals surface area (Å²) < 4.78 is 34.9. The van der Waals surface area contributed by atoms with Gasteiger partial charge >= 0.3 is 5.97 Å². The number of carbonyl (C=O) groups excluding carboxylic acids is 2. The Morgan fingerprint density at radius 1 is 1.24 bits per heavy atom. The first-order valence-corrected chi connectivity index (χ1v) is 11.2. The predicted molar refractivity (Wildman–Crippen MR) is 120 cm³/mol. The highest BCUT2D eigenvalue weighted by molar-refractivity contribution is 7.90. The lowest BCUT2D eigenvalue weighted by molar-refractivity contribution is -0.387. The van der Waals surface area contributed by atoms with Crippen molar-refractivity contribution in [1.82, 2.24) is 9.97 Å². The number of amides is 1. The van der Waals surface area contributed by atoms with Gasteiger partial charge in [0.25, 0.3) is 15.7 Å². The molecule has 13 heteroatoms. The van der Waals surface area contributed by atoms with Crippen molar-refractivity contribution in [3.8, 4) is 0 Å². The number of hydrogen-bond donors (Lipinski definition) is 2. The highest BCUT2D eigenvalue weighted by Crippen LogP contribution is 2.30. The Kier molecular flexibility index (Phi) is 5.71. The molecular weight excluding hydrogens is 466 g/mol. The van der Waals surface area contributed by atoms with Crippen molar-refractivity contribution in [2.75, 3.05) is 5.32 Å². The van der Waals surface area contributed by atoms with Crippen LogP contribution in [0.15, 0.2) is 51.9 Å². The molecule has 0 bridgehead atoms. The first-order chi connectivity index (χ1) is 16.1. The number of rotatable bonds is 6. The third-order valence-electron chi connectivity index (χ3n) is 4.82. The molecule has 0 aliphatic rings. The number of nitrogens with zero attached hydrogens (tertiary/aromatic N) is 3. The van der Waals surface area contributed by atoms with Crippen molar-refractivity contribution in [1.29, 1.82) is 0 Å². The number of pyridine rings is 1. The van der Waals surface area contributed by atoms with Gasteiger partial charge in [0.2, 0.25) is 5.91 Å². The molecule has 1 amide bonds. The van der Waals surface area contributed by atoms with E-state index in [2.05, 4.69) is 19.7 Å². The van der Waals surface area contributed by atoms with Crippen LogP contribution in [0.3, 0.4) is 0 Å².